The van der Waals surface area contributed by atoms with Crippen LogP contribution in [0.15, 0.2) is 74.1 Å². The summed E-state index contributed by atoms with van der Waals surface area (Å²) in [4.78, 5) is 17.8. The SMILES string of the molecule is CNN=C(C=Nc1cnn(-c2ccc(Cl)cc2)c(=O)c1Oc1ccc(Br)cc1)CO[Si](C)(C)C. The molecule has 3 aromatic rings. The first kappa shape index (κ1) is 25.8. The zero-order valence-electron chi connectivity index (χ0n) is 19.3. The molecule has 1 aromatic heterocycles. The number of ether oxygens (including phenoxy) is 1. The Labute approximate surface area is 212 Å². The van der Waals surface area contributed by atoms with Crippen molar-refractivity contribution in [3.8, 4) is 17.2 Å². The van der Waals surface area contributed by atoms with Crippen molar-refractivity contribution in [2.45, 2.75) is 19.6 Å². The van der Waals surface area contributed by atoms with Gasteiger partial charge in [0.05, 0.1) is 24.7 Å². The third-order valence-corrected chi connectivity index (χ3v) is 6.07. The van der Waals surface area contributed by atoms with Gasteiger partial charge in [-0.2, -0.15) is 14.9 Å². The monoisotopic (exact) mass is 561 g/mol. The normalized spacial score (nSPS) is 12.2. The van der Waals surface area contributed by atoms with Crippen LogP contribution in [0, 0.1) is 0 Å². The molecule has 0 aliphatic carbocycles. The zero-order valence-corrected chi connectivity index (χ0v) is 22.6. The molecular formula is C23H25BrClN5O3Si. The van der Waals surface area contributed by atoms with Crippen LogP contribution in [0.25, 0.3) is 5.69 Å². The minimum absolute atomic E-state index is 0.0263. The molecule has 11 heteroatoms. The highest BCUT2D eigenvalue weighted by molar-refractivity contribution is 9.10. The predicted molar refractivity (Wildman–Crippen MR) is 143 cm³/mol. The fourth-order valence-electron chi connectivity index (χ4n) is 2.68. The Bertz CT molecular complexity index is 1240. The maximum atomic E-state index is 13.4. The van der Waals surface area contributed by atoms with Gasteiger partial charge in [0, 0.05) is 16.5 Å². The van der Waals surface area contributed by atoms with E-state index in [0.29, 0.717) is 22.2 Å². The van der Waals surface area contributed by atoms with E-state index in [2.05, 4.69) is 56.2 Å². The molecule has 0 aliphatic heterocycles. The first-order valence-corrected chi connectivity index (χ1v) is 15.0. The summed E-state index contributed by atoms with van der Waals surface area (Å²) in [5, 5.41) is 9.05. The van der Waals surface area contributed by atoms with E-state index in [4.69, 9.17) is 20.8 Å². The van der Waals surface area contributed by atoms with E-state index < -0.39 is 13.9 Å². The lowest BCUT2D eigenvalue weighted by molar-refractivity contribution is 0.372. The second kappa shape index (κ2) is 11.6. The van der Waals surface area contributed by atoms with Crippen molar-refractivity contribution in [2.24, 2.45) is 10.1 Å². The number of hydrogen-bond donors (Lipinski definition) is 1. The van der Waals surface area contributed by atoms with E-state index in [9.17, 15) is 4.79 Å². The summed E-state index contributed by atoms with van der Waals surface area (Å²) in [6.45, 7) is 6.56. The summed E-state index contributed by atoms with van der Waals surface area (Å²) in [7, 11) is -0.0620. The lowest BCUT2D eigenvalue weighted by Crippen LogP contribution is -2.29. The van der Waals surface area contributed by atoms with Crippen LogP contribution in [-0.4, -0.2) is 43.7 Å². The number of hydrazone groups is 1. The average Bonchev–Trinajstić information content (AvgIpc) is 2.79. The van der Waals surface area contributed by atoms with Gasteiger partial charge in [0.15, 0.2) is 8.32 Å². The first-order chi connectivity index (χ1) is 16.2. The molecule has 2 aromatic carbocycles. The Morgan fingerprint density at radius 3 is 2.47 bits per heavy atom. The number of halogens is 2. The molecule has 0 saturated carbocycles. The molecule has 0 saturated heterocycles. The second-order valence-corrected chi connectivity index (χ2v) is 14.0. The van der Waals surface area contributed by atoms with Crippen LogP contribution < -0.4 is 15.7 Å². The quantitative estimate of drug-likeness (QED) is 0.209. The van der Waals surface area contributed by atoms with E-state index in [1.807, 2.05) is 12.1 Å². The second-order valence-electron chi connectivity index (χ2n) is 8.09. The van der Waals surface area contributed by atoms with Crippen LogP contribution >= 0.6 is 27.5 Å². The van der Waals surface area contributed by atoms with E-state index in [-0.39, 0.29) is 18.0 Å². The van der Waals surface area contributed by atoms with Gasteiger partial charge in [-0.05, 0) is 68.2 Å². The molecule has 0 spiro atoms. The van der Waals surface area contributed by atoms with Gasteiger partial charge in [0.2, 0.25) is 5.75 Å². The summed E-state index contributed by atoms with van der Waals surface area (Å²) >= 11 is 9.38. The fraction of sp³-hybridized carbons (Fsp3) is 0.217. The van der Waals surface area contributed by atoms with Gasteiger partial charge in [-0.15, -0.1) is 0 Å². The molecule has 0 fully saturated rings. The van der Waals surface area contributed by atoms with Gasteiger partial charge < -0.3 is 14.6 Å². The van der Waals surface area contributed by atoms with E-state index in [1.165, 1.54) is 17.1 Å². The van der Waals surface area contributed by atoms with Crippen molar-refractivity contribution < 1.29 is 9.16 Å². The van der Waals surface area contributed by atoms with Crippen molar-refractivity contribution in [2.75, 3.05) is 13.7 Å². The number of rotatable bonds is 9. The number of aromatic nitrogens is 2. The first-order valence-electron chi connectivity index (χ1n) is 10.4. The van der Waals surface area contributed by atoms with Crippen LogP contribution in [0.4, 0.5) is 5.69 Å². The lowest BCUT2D eigenvalue weighted by Gasteiger charge is -2.16. The highest BCUT2D eigenvalue weighted by atomic mass is 79.9. The summed E-state index contributed by atoms with van der Waals surface area (Å²) < 4.78 is 14.0. The maximum absolute atomic E-state index is 13.4. The van der Waals surface area contributed by atoms with Crippen LogP contribution in [0.3, 0.4) is 0 Å². The standard InChI is InChI=1S/C23H25BrClN5O3Si/c1-26-29-18(15-32-34(2,3)4)13-27-21-14-28-30(19-9-7-17(25)8-10-19)23(31)22(21)33-20-11-5-16(24)6-12-20/h5-14,26H,15H2,1-4H3. The predicted octanol–water partition coefficient (Wildman–Crippen LogP) is 5.57. The topological polar surface area (TPSA) is 90.1 Å². The van der Waals surface area contributed by atoms with Crippen molar-refractivity contribution in [1.82, 2.24) is 15.2 Å². The lowest BCUT2D eigenvalue weighted by atomic mass is 10.3. The molecule has 1 N–H and O–H groups in total. The Morgan fingerprint density at radius 1 is 1.18 bits per heavy atom. The zero-order chi connectivity index (χ0) is 24.7. The fourth-order valence-corrected chi connectivity index (χ4v) is 3.65. The highest BCUT2D eigenvalue weighted by Gasteiger charge is 2.17. The molecule has 34 heavy (non-hydrogen) atoms. The molecule has 0 aliphatic rings. The minimum atomic E-state index is -1.76. The van der Waals surface area contributed by atoms with E-state index in [0.717, 1.165) is 4.47 Å². The molecule has 8 nitrogen and oxygen atoms in total. The third-order valence-electron chi connectivity index (χ3n) is 4.28. The molecule has 178 valence electrons. The summed E-state index contributed by atoms with van der Waals surface area (Å²) in [6, 6.07) is 13.9. The van der Waals surface area contributed by atoms with Gasteiger partial charge in [0.25, 0.3) is 0 Å². The largest absolute Gasteiger partial charge is 0.449 e. The van der Waals surface area contributed by atoms with Crippen LogP contribution in [0.5, 0.6) is 11.5 Å². The van der Waals surface area contributed by atoms with Crippen molar-refractivity contribution >= 4 is 53.5 Å². The Balaban J connectivity index is 2.02. The summed E-state index contributed by atoms with van der Waals surface area (Å²) in [5.41, 5.74) is 3.66. The van der Waals surface area contributed by atoms with Crippen molar-refractivity contribution in [3.63, 3.8) is 0 Å². The van der Waals surface area contributed by atoms with Crippen molar-refractivity contribution in [3.05, 3.63) is 74.6 Å². The Hall–Kier alpha value is -2.79. The van der Waals surface area contributed by atoms with Crippen LogP contribution in [-0.2, 0) is 4.43 Å². The van der Waals surface area contributed by atoms with E-state index in [1.54, 1.807) is 43.4 Å². The summed E-state index contributed by atoms with van der Waals surface area (Å²) in [6.07, 6.45) is 3.01. The summed E-state index contributed by atoms with van der Waals surface area (Å²) in [5.74, 6) is 0.509. The number of benzene rings is 2. The molecule has 3 rings (SSSR count). The van der Waals surface area contributed by atoms with Crippen molar-refractivity contribution in [1.29, 1.82) is 0 Å². The Kier molecular flexibility index (Phi) is 8.78. The highest BCUT2D eigenvalue weighted by Crippen LogP contribution is 2.29. The molecule has 0 bridgehead atoms. The van der Waals surface area contributed by atoms with Gasteiger partial charge in [-0.3, -0.25) is 4.79 Å². The number of nitrogens with zero attached hydrogens (tertiary/aromatic N) is 4. The van der Waals surface area contributed by atoms with Gasteiger partial charge in [-0.1, -0.05) is 27.5 Å². The smallest absolute Gasteiger partial charge is 0.316 e. The molecule has 1 heterocycles. The van der Waals surface area contributed by atoms with Gasteiger partial charge in [0.1, 0.15) is 17.1 Å². The molecular weight excluding hydrogens is 538 g/mol. The molecule has 0 amide bonds. The molecule has 0 unspecified atom stereocenters. The van der Waals surface area contributed by atoms with Crippen LogP contribution in [0.1, 0.15) is 0 Å². The molecule has 0 atom stereocenters. The number of aliphatic imine (C=N–C) groups is 1. The average molecular weight is 563 g/mol. The minimum Gasteiger partial charge on any atom is -0.449 e. The molecule has 0 radical (unpaired) electrons. The number of hydrogen-bond acceptors (Lipinski definition) is 7. The van der Waals surface area contributed by atoms with E-state index >= 15 is 0 Å². The third kappa shape index (κ3) is 7.36. The number of nitrogens with one attached hydrogen (secondary N) is 1. The Morgan fingerprint density at radius 2 is 1.85 bits per heavy atom. The van der Waals surface area contributed by atoms with Gasteiger partial charge >= 0.3 is 5.56 Å². The van der Waals surface area contributed by atoms with Crippen LogP contribution in [0.2, 0.25) is 24.7 Å². The van der Waals surface area contributed by atoms with Gasteiger partial charge in [-0.25, -0.2) is 4.99 Å². The maximum Gasteiger partial charge on any atom is 0.316 e.